The van der Waals surface area contributed by atoms with Crippen LogP contribution >= 0.6 is 0 Å². The zero-order chi connectivity index (χ0) is 8.15. The molecule has 0 spiro atoms. The topological polar surface area (TPSA) is 66.5 Å². The van der Waals surface area contributed by atoms with E-state index in [2.05, 4.69) is 0 Å². The number of rotatable bonds is 4. The van der Waals surface area contributed by atoms with Crippen LogP contribution in [0.5, 0.6) is 0 Å². The predicted molar refractivity (Wildman–Crippen MR) is 40.6 cm³/mol. The van der Waals surface area contributed by atoms with Gasteiger partial charge in [-0.3, -0.25) is 0 Å². The van der Waals surface area contributed by atoms with E-state index in [9.17, 15) is 0 Å². The van der Waals surface area contributed by atoms with Crippen molar-refractivity contribution in [3.63, 3.8) is 0 Å². The van der Waals surface area contributed by atoms with Gasteiger partial charge in [-0.25, -0.2) is 0 Å². The summed E-state index contributed by atoms with van der Waals surface area (Å²) in [6.45, 7) is 3.68. The number of hydrogen-bond acceptors (Lipinski definition) is 3. The third-order valence-corrected chi connectivity index (χ3v) is 1.73. The highest BCUT2D eigenvalue weighted by molar-refractivity contribution is 4.77. The molecule has 0 aromatic heterocycles. The first-order valence-electron chi connectivity index (χ1n) is 3.75. The van der Waals surface area contributed by atoms with E-state index in [4.69, 9.17) is 15.9 Å². The van der Waals surface area contributed by atoms with Gasteiger partial charge in [0.1, 0.15) is 0 Å². The van der Waals surface area contributed by atoms with Gasteiger partial charge in [0.2, 0.25) is 0 Å². The van der Waals surface area contributed by atoms with Gasteiger partial charge in [0.15, 0.2) is 0 Å². The molecule has 0 saturated heterocycles. The Labute approximate surface area is 61.9 Å². The molecule has 0 aliphatic rings. The minimum atomic E-state index is -0.574. The van der Waals surface area contributed by atoms with Crippen molar-refractivity contribution in [3.8, 4) is 0 Å². The van der Waals surface area contributed by atoms with Gasteiger partial charge >= 0.3 is 0 Å². The molecule has 0 bridgehead atoms. The van der Waals surface area contributed by atoms with Gasteiger partial charge in [0.05, 0.1) is 18.2 Å². The van der Waals surface area contributed by atoms with Crippen LogP contribution in [0.15, 0.2) is 0 Å². The Balaban J connectivity index is 3.69. The summed E-state index contributed by atoms with van der Waals surface area (Å²) >= 11 is 0. The lowest BCUT2D eigenvalue weighted by Crippen LogP contribution is -2.44. The number of aliphatic hydroxyl groups is 2. The first kappa shape index (κ1) is 9.88. The lowest BCUT2D eigenvalue weighted by molar-refractivity contribution is 0.0518. The fraction of sp³-hybridized carbons (Fsp3) is 1.00. The fourth-order valence-electron chi connectivity index (χ4n) is 0.801. The van der Waals surface area contributed by atoms with Gasteiger partial charge in [-0.1, -0.05) is 13.8 Å². The molecule has 4 N–H and O–H groups in total. The highest BCUT2D eigenvalue weighted by Gasteiger charge is 2.19. The number of hydrogen-bond donors (Lipinski definition) is 3. The quantitative estimate of drug-likeness (QED) is 0.518. The van der Waals surface area contributed by atoms with Crippen molar-refractivity contribution in [1.29, 1.82) is 0 Å². The summed E-state index contributed by atoms with van der Waals surface area (Å²) in [5, 5.41) is 18.3. The predicted octanol–water partition coefficient (Wildman–Crippen LogP) is -0.145. The summed E-state index contributed by atoms with van der Waals surface area (Å²) in [6, 6.07) is -0.491. The minimum Gasteiger partial charge on any atom is -0.391 e. The van der Waals surface area contributed by atoms with Crippen molar-refractivity contribution in [2.45, 2.75) is 44.9 Å². The number of aliphatic hydroxyl groups excluding tert-OH is 2. The van der Waals surface area contributed by atoms with E-state index >= 15 is 0 Å². The van der Waals surface area contributed by atoms with Gasteiger partial charge in [-0.2, -0.15) is 0 Å². The van der Waals surface area contributed by atoms with Gasteiger partial charge in [0, 0.05) is 0 Å². The summed E-state index contributed by atoms with van der Waals surface area (Å²) in [6.07, 6.45) is 0.0427. The first-order chi connectivity index (χ1) is 4.63. The molecule has 0 rings (SSSR count). The minimum absolute atomic E-state index is 0.491. The van der Waals surface area contributed by atoms with E-state index in [0.29, 0.717) is 12.8 Å². The second-order valence-corrected chi connectivity index (χ2v) is 2.53. The summed E-state index contributed by atoms with van der Waals surface area (Å²) in [7, 11) is 0. The SMILES string of the molecule is CC[C@@H](O)C(N)[C@@H](O)CC. The molecule has 62 valence electrons. The van der Waals surface area contributed by atoms with Gasteiger partial charge in [0.25, 0.3) is 0 Å². The van der Waals surface area contributed by atoms with Crippen LogP contribution in [0.3, 0.4) is 0 Å². The van der Waals surface area contributed by atoms with Crippen LogP contribution in [0.25, 0.3) is 0 Å². The van der Waals surface area contributed by atoms with Gasteiger partial charge in [-0.15, -0.1) is 0 Å². The second-order valence-electron chi connectivity index (χ2n) is 2.53. The van der Waals surface area contributed by atoms with Crippen LogP contribution in [-0.2, 0) is 0 Å². The first-order valence-corrected chi connectivity index (χ1v) is 3.75. The Morgan fingerprint density at radius 2 is 1.40 bits per heavy atom. The summed E-state index contributed by atoms with van der Waals surface area (Å²) in [5.74, 6) is 0. The zero-order valence-corrected chi connectivity index (χ0v) is 6.62. The average molecular weight is 147 g/mol. The standard InChI is InChI=1S/C7H17NO2/c1-3-5(9)7(8)6(10)4-2/h5-7,9-10H,3-4,8H2,1-2H3/t5-,6+,7?. The molecule has 3 nitrogen and oxygen atoms in total. The average Bonchev–Trinajstić information content (AvgIpc) is 2.00. The van der Waals surface area contributed by atoms with E-state index in [0.717, 1.165) is 0 Å². The Bertz CT molecular complexity index is 77.7. The molecule has 0 aromatic carbocycles. The maximum atomic E-state index is 9.14. The van der Waals surface area contributed by atoms with Crippen molar-refractivity contribution in [1.82, 2.24) is 0 Å². The van der Waals surface area contributed by atoms with Crippen molar-refractivity contribution in [2.75, 3.05) is 0 Å². The number of nitrogens with two attached hydrogens (primary N) is 1. The summed E-state index contributed by atoms with van der Waals surface area (Å²) in [5.41, 5.74) is 5.48. The summed E-state index contributed by atoms with van der Waals surface area (Å²) in [4.78, 5) is 0. The molecule has 3 atom stereocenters. The molecular formula is C7H17NO2. The van der Waals surface area contributed by atoms with Gasteiger partial charge in [-0.05, 0) is 12.8 Å². The lowest BCUT2D eigenvalue weighted by Gasteiger charge is -2.21. The van der Waals surface area contributed by atoms with E-state index in [1.165, 1.54) is 0 Å². The Morgan fingerprint density at radius 3 is 1.60 bits per heavy atom. The van der Waals surface area contributed by atoms with Crippen molar-refractivity contribution < 1.29 is 10.2 Å². The lowest BCUT2D eigenvalue weighted by atomic mass is 10.0. The molecule has 0 amide bonds. The normalized spacial score (nSPS) is 20.1. The molecule has 0 aliphatic heterocycles. The van der Waals surface area contributed by atoms with E-state index in [-0.39, 0.29) is 0 Å². The molecule has 0 fully saturated rings. The molecule has 3 heteroatoms. The largest absolute Gasteiger partial charge is 0.391 e. The monoisotopic (exact) mass is 147 g/mol. The molecular weight excluding hydrogens is 130 g/mol. The van der Waals surface area contributed by atoms with Crippen LogP contribution in [0.4, 0.5) is 0 Å². The van der Waals surface area contributed by atoms with Crippen LogP contribution in [-0.4, -0.2) is 28.5 Å². The Kier molecular flexibility index (Phi) is 4.60. The Hall–Kier alpha value is -0.120. The molecule has 0 heterocycles. The third-order valence-electron chi connectivity index (χ3n) is 1.73. The zero-order valence-electron chi connectivity index (χ0n) is 6.62. The van der Waals surface area contributed by atoms with E-state index < -0.39 is 18.2 Å². The van der Waals surface area contributed by atoms with Crippen LogP contribution in [0.1, 0.15) is 26.7 Å². The highest BCUT2D eigenvalue weighted by Crippen LogP contribution is 2.03. The van der Waals surface area contributed by atoms with Crippen LogP contribution < -0.4 is 5.73 Å². The molecule has 1 unspecified atom stereocenters. The van der Waals surface area contributed by atoms with E-state index in [1.54, 1.807) is 0 Å². The third kappa shape index (κ3) is 2.64. The molecule has 0 saturated carbocycles. The molecule has 10 heavy (non-hydrogen) atoms. The van der Waals surface area contributed by atoms with Gasteiger partial charge < -0.3 is 15.9 Å². The maximum absolute atomic E-state index is 9.14. The van der Waals surface area contributed by atoms with Crippen LogP contribution in [0.2, 0.25) is 0 Å². The van der Waals surface area contributed by atoms with Crippen molar-refractivity contribution >= 4 is 0 Å². The molecule has 0 aliphatic carbocycles. The fourth-order valence-corrected chi connectivity index (χ4v) is 0.801. The van der Waals surface area contributed by atoms with E-state index in [1.807, 2.05) is 13.8 Å². The summed E-state index contributed by atoms with van der Waals surface area (Å²) < 4.78 is 0. The van der Waals surface area contributed by atoms with Crippen LogP contribution in [0, 0.1) is 0 Å². The highest BCUT2D eigenvalue weighted by atomic mass is 16.3. The molecule has 0 aromatic rings. The smallest absolute Gasteiger partial charge is 0.0713 e. The van der Waals surface area contributed by atoms with Crippen molar-refractivity contribution in [3.05, 3.63) is 0 Å². The Morgan fingerprint density at radius 1 is 1.10 bits per heavy atom. The maximum Gasteiger partial charge on any atom is 0.0713 e. The van der Waals surface area contributed by atoms with Crippen molar-refractivity contribution in [2.24, 2.45) is 5.73 Å². The second kappa shape index (κ2) is 4.66. The molecule has 0 radical (unpaired) electrons.